The van der Waals surface area contributed by atoms with E-state index in [1.165, 1.54) is 30.3 Å². The molecule has 12 aromatic carbocycles. The predicted octanol–water partition coefficient (Wildman–Crippen LogP) is 27.9. The number of ether oxygens (including phenoxy) is 7. The highest BCUT2D eigenvalue weighted by atomic mass is 35.5. The Morgan fingerprint density at radius 3 is 0.850 bits per heavy atom. The summed E-state index contributed by atoms with van der Waals surface area (Å²) >= 11 is 12.4. The van der Waals surface area contributed by atoms with Gasteiger partial charge in [-0.3, -0.25) is 28.8 Å². The molecule has 12 aromatic rings. The summed E-state index contributed by atoms with van der Waals surface area (Å²) in [5, 5.41) is 27.5. The summed E-state index contributed by atoms with van der Waals surface area (Å²) in [7, 11) is 0. The van der Waals surface area contributed by atoms with Crippen LogP contribution in [0.25, 0.3) is 0 Å². The Morgan fingerprint density at radius 2 is 0.493 bits per heavy atom. The summed E-state index contributed by atoms with van der Waals surface area (Å²) in [5.41, 5.74) is 22.3. The van der Waals surface area contributed by atoms with Gasteiger partial charge in [-0.25, -0.2) is 22.0 Å². The van der Waals surface area contributed by atoms with Gasteiger partial charge in [0.1, 0.15) is 62.7 Å². The van der Waals surface area contributed by atoms with Gasteiger partial charge in [-0.1, -0.05) is 131 Å². The zero-order valence-corrected chi connectivity index (χ0v) is 85.2. The van der Waals surface area contributed by atoms with Crippen LogP contribution < -0.4 is 65.1 Å². The number of aryl methyl sites for hydroxylation is 14. The lowest BCUT2D eigenvalue weighted by Crippen LogP contribution is -2.13. The fourth-order valence-corrected chi connectivity index (χ4v) is 13.9. The number of carbonyl (C=O) groups excluding carboxylic acids is 6. The van der Waals surface area contributed by atoms with Crippen LogP contribution in [0.1, 0.15) is 204 Å². The van der Waals surface area contributed by atoms with Crippen LogP contribution in [0.2, 0.25) is 10.0 Å². The van der Waals surface area contributed by atoms with Crippen molar-refractivity contribution in [1.82, 2.24) is 0 Å². The minimum atomic E-state index is -0.432. The lowest BCUT2D eigenvalue weighted by atomic mass is 10.1. The Bertz CT molecular complexity index is 6010. The number of hydrogen-bond donors (Lipinski definition) is 7. The fourth-order valence-electron chi connectivity index (χ4n) is 13.3. The van der Waals surface area contributed by atoms with Crippen LogP contribution in [0.15, 0.2) is 188 Å². The van der Waals surface area contributed by atoms with Crippen molar-refractivity contribution in [3.63, 3.8) is 0 Å². The molecular formula is C113H129Cl2F5N6O14. The summed E-state index contributed by atoms with van der Waals surface area (Å²) in [6, 6.07) is 54.1. The molecule has 744 valence electrons. The van der Waals surface area contributed by atoms with E-state index in [0.29, 0.717) is 130 Å². The third-order valence-electron chi connectivity index (χ3n) is 22.9. The molecule has 0 aliphatic rings. The van der Waals surface area contributed by atoms with Crippen molar-refractivity contribution in [3.05, 3.63) is 344 Å². The summed E-state index contributed by atoms with van der Waals surface area (Å²) < 4.78 is 110. The predicted molar refractivity (Wildman–Crippen MR) is 550 cm³/mol. The highest BCUT2D eigenvalue weighted by Crippen LogP contribution is 2.37. The topological polar surface area (TPSA) is 259 Å². The molecule has 0 saturated heterocycles. The fraction of sp³-hybridized carbons (Fsp3) is 0.310. The van der Waals surface area contributed by atoms with Gasteiger partial charge in [0.15, 0.2) is 46.3 Å². The first-order valence-electron chi connectivity index (χ1n) is 46.3. The molecule has 0 spiro atoms. The Kier molecular flexibility index (Phi) is 45.6. The van der Waals surface area contributed by atoms with E-state index in [-0.39, 0.29) is 110 Å². The molecule has 27 heteroatoms. The van der Waals surface area contributed by atoms with E-state index in [1.54, 1.807) is 107 Å². The van der Waals surface area contributed by atoms with Crippen LogP contribution in [-0.4, -0.2) is 47.2 Å². The molecule has 12 rings (SSSR count). The van der Waals surface area contributed by atoms with E-state index < -0.39 is 17.5 Å². The van der Waals surface area contributed by atoms with Gasteiger partial charge in [0.25, 0.3) is 0 Å². The first-order chi connectivity index (χ1) is 66.7. The normalized spacial score (nSPS) is 10.5. The van der Waals surface area contributed by atoms with Crippen molar-refractivity contribution in [2.75, 3.05) is 38.5 Å². The number of hydrogen-bond acceptors (Lipinski definition) is 14. The zero-order chi connectivity index (χ0) is 103. The Balaban J connectivity index is 0.000000228. The van der Waals surface area contributed by atoms with Crippen molar-refractivity contribution in [2.45, 2.75) is 230 Å². The van der Waals surface area contributed by atoms with E-state index in [1.807, 2.05) is 196 Å². The summed E-state index contributed by atoms with van der Waals surface area (Å²) in [6.07, 6.45) is 2.28. The number of aliphatic hydroxyl groups excluding tert-OH is 1. The standard InChI is InChI=1S/C20H24FNO3.C19H22FNO3.2C19H22FNO2.C18H19ClFNO2.C18H20ClNO2/c1-5-20(23)22-17-8-7-9-18(24-6-2)15(17)12-25-19-11-14(4)13(3)10-16(19)21;1-4-19(23)21-17-7-5-6-14(10-22)15(17)11-24-18-9-13(3)12(2)8-16(18)20;2*1-5-19(22)21-17-8-6-7-12(2)15(17)11-23-18-10-14(4)13(3)9-16(18)20;1-4-18(22)21-16-7-5-6-15(20)13(16)10-23-17-9-12(3)11(2)8-14(17)19;1-4-18(21)20-16-8-6-5-7-14(16)11-22-17-10-13(3)12(2)9-15(17)19/h7-11H,5-6,12H2,1-4H3,(H,22,23);5-9,22H,4,10-11H2,1-3H3,(H,21,23);2*6-10H,5,11H2,1-4H3,(H,21,22);5-9H,4,10H2,1-3H3,(H,21,22);5-10H,4,11H2,1-3H3,(H,20,21). The van der Waals surface area contributed by atoms with Gasteiger partial charge in [0, 0.05) is 89.1 Å². The van der Waals surface area contributed by atoms with Crippen LogP contribution >= 0.6 is 23.2 Å². The molecule has 0 fully saturated rings. The molecule has 0 aliphatic heterocycles. The second-order valence-electron chi connectivity index (χ2n) is 33.3. The molecule has 0 aromatic heterocycles. The minimum Gasteiger partial charge on any atom is -0.493 e. The van der Waals surface area contributed by atoms with Crippen molar-refractivity contribution in [2.24, 2.45) is 0 Å². The van der Waals surface area contributed by atoms with Gasteiger partial charge in [-0.05, 0) is 309 Å². The Hall–Kier alpha value is -13.8. The first-order valence-corrected chi connectivity index (χ1v) is 47.1. The van der Waals surface area contributed by atoms with E-state index in [4.69, 9.17) is 56.4 Å². The van der Waals surface area contributed by atoms with Crippen molar-refractivity contribution < 1.29 is 89.0 Å². The third-order valence-corrected chi connectivity index (χ3v) is 23.5. The molecule has 0 bridgehead atoms. The largest absolute Gasteiger partial charge is 0.493 e. The van der Waals surface area contributed by atoms with Crippen molar-refractivity contribution in [1.29, 1.82) is 0 Å². The number of halogens is 7. The number of carbonyl (C=O) groups is 6. The summed E-state index contributed by atoms with van der Waals surface area (Å²) in [4.78, 5) is 69.8. The SMILES string of the molecule is CCC(=O)Nc1cccc(C)c1COc1cc(C)c(C)cc1F.CCC(=O)Nc1cccc(C)c1COc1cc(C)c(C)cc1F.CCC(=O)Nc1cccc(CO)c1COc1cc(C)c(C)cc1F.CCC(=O)Nc1cccc(F)c1COc1cc(C)c(C)cc1Cl.CCC(=O)Nc1ccccc1COc1cc(C)c(C)cc1Cl.CCOc1cccc(NC(=O)CC)c1COc1cc(C)c(C)cc1F. The Morgan fingerprint density at radius 1 is 0.243 bits per heavy atom. The average Bonchev–Trinajstić information content (AvgIpc) is 0.842. The van der Waals surface area contributed by atoms with Crippen LogP contribution in [0.4, 0.5) is 56.1 Å². The van der Waals surface area contributed by atoms with Crippen LogP contribution in [0.5, 0.6) is 40.2 Å². The number of amides is 6. The summed E-state index contributed by atoms with van der Waals surface area (Å²) in [6.45, 7) is 40.6. The number of benzene rings is 12. The number of nitrogens with one attached hydrogen (secondary N) is 6. The van der Waals surface area contributed by atoms with Gasteiger partial charge in [-0.2, -0.15) is 0 Å². The van der Waals surface area contributed by atoms with Gasteiger partial charge in [-0.15, -0.1) is 0 Å². The number of anilines is 6. The number of aliphatic hydroxyl groups is 1. The van der Waals surface area contributed by atoms with Gasteiger partial charge < -0.3 is 70.2 Å². The molecule has 0 saturated carbocycles. The number of rotatable bonds is 33. The van der Waals surface area contributed by atoms with E-state index >= 15 is 0 Å². The lowest BCUT2D eigenvalue weighted by Gasteiger charge is -2.17. The van der Waals surface area contributed by atoms with E-state index in [2.05, 4.69) is 31.9 Å². The zero-order valence-electron chi connectivity index (χ0n) is 83.7. The summed E-state index contributed by atoms with van der Waals surface area (Å²) in [5.74, 6) is -0.0330. The van der Waals surface area contributed by atoms with Crippen LogP contribution in [0, 0.1) is 126 Å². The molecule has 0 aliphatic carbocycles. The van der Waals surface area contributed by atoms with Gasteiger partial charge in [0.2, 0.25) is 35.4 Å². The van der Waals surface area contributed by atoms with Crippen molar-refractivity contribution in [3.8, 4) is 40.2 Å². The smallest absolute Gasteiger partial charge is 0.224 e. The molecule has 140 heavy (non-hydrogen) atoms. The molecule has 0 radical (unpaired) electrons. The second-order valence-corrected chi connectivity index (χ2v) is 34.1. The van der Waals surface area contributed by atoms with E-state index in [9.17, 15) is 55.8 Å². The van der Waals surface area contributed by atoms with E-state index in [0.717, 1.165) is 100 Å². The monoisotopic (exact) mass is 1960 g/mol. The van der Waals surface area contributed by atoms with Crippen molar-refractivity contribution >= 4 is 92.8 Å². The quantitative estimate of drug-likeness (QED) is 0.0189. The first kappa shape index (κ1) is 113. The lowest BCUT2D eigenvalue weighted by molar-refractivity contribution is -0.116. The molecule has 7 N–H and O–H groups in total. The van der Waals surface area contributed by atoms with Crippen LogP contribution in [-0.2, 0) is 75.0 Å². The molecule has 0 heterocycles. The highest BCUT2D eigenvalue weighted by molar-refractivity contribution is 6.32. The minimum absolute atomic E-state index is 0.0170. The average molecular weight is 1960 g/mol. The maximum absolute atomic E-state index is 14.1. The molecule has 0 unspecified atom stereocenters. The van der Waals surface area contributed by atoms with Crippen LogP contribution in [0.3, 0.4) is 0 Å². The third kappa shape index (κ3) is 34.4. The van der Waals surface area contributed by atoms with Gasteiger partial charge in [0.05, 0.1) is 40.2 Å². The molecule has 6 amide bonds. The highest BCUT2D eigenvalue weighted by Gasteiger charge is 2.22. The molecule has 0 atom stereocenters. The Labute approximate surface area is 829 Å². The maximum Gasteiger partial charge on any atom is 0.224 e. The second kappa shape index (κ2) is 56.3. The van der Waals surface area contributed by atoms with Gasteiger partial charge >= 0.3 is 0 Å². The maximum atomic E-state index is 14.1. The number of para-hydroxylation sites is 1. The molecular weight excluding hydrogens is 1830 g/mol. The molecule has 20 nitrogen and oxygen atoms in total.